The molecule has 2 heteroatoms. The Bertz CT molecular complexity index is 567. The normalized spacial score (nSPS) is 19.1. The van der Waals surface area contributed by atoms with Crippen molar-refractivity contribution in [1.29, 1.82) is 0 Å². The molecule has 0 fully saturated rings. The monoisotopic (exact) mass is 224 g/mol. The van der Waals surface area contributed by atoms with Crippen LogP contribution >= 0.6 is 0 Å². The smallest absolute Gasteiger partial charge is 0.101 e. The molecule has 1 aliphatic rings. The van der Waals surface area contributed by atoms with Gasteiger partial charge in [0.15, 0.2) is 0 Å². The van der Waals surface area contributed by atoms with Crippen LogP contribution in [0.1, 0.15) is 12.5 Å². The summed E-state index contributed by atoms with van der Waals surface area (Å²) in [7, 11) is 0. The zero-order valence-electron chi connectivity index (χ0n) is 9.98. The van der Waals surface area contributed by atoms with E-state index in [2.05, 4.69) is 59.7 Å². The highest BCUT2D eigenvalue weighted by molar-refractivity contribution is 5.92. The molecule has 1 N–H and O–H groups in total. The van der Waals surface area contributed by atoms with Gasteiger partial charge in [0, 0.05) is 13.0 Å². The second kappa shape index (κ2) is 4.21. The van der Waals surface area contributed by atoms with Crippen LogP contribution in [0, 0.1) is 0 Å². The van der Waals surface area contributed by atoms with E-state index >= 15 is 0 Å². The van der Waals surface area contributed by atoms with Gasteiger partial charge in [0.05, 0.1) is 6.04 Å². The molecule has 17 heavy (non-hydrogen) atoms. The molecular formula is C15H16N2. The molecule has 1 unspecified atom stereocenters. The third-order valence-corrected chi connectivity index (χ3v) is 3.22. The molecule has 0 amide bonds. The van der Waals surface area contributed by atoms with Crippen molar-refractivity contribution in [3.63, 3.8) is 0 Å². The number of aliphatic imine (C=N–C) groups is 1. The van der Waals surface area contributed by atoms with Crippen LogP contribution in [0.25, 0.3) is 10.8 Å². The molecule has 0 radical (unpaired) electrons. The van der Waals surface area contributed by atoms with Crippen molar-refractivity contribution < 1.29 is 0 Å². The van der Waals surface area contributed by atoms with Crippen molar-refractivity contribution in [2.45, 2.75) is 19.4 Å². The van der Waals surface area contributed by atoms with Crippen LogP contribution in [0.2, 0.25) is 0 Å². The van der Waals surface area contributed by atoms with Crippen LogP contribution < -0.4 is 5.32 Å². The topological polar surface area (TPSA) is 24.4 Å². The Morgan fingerprint density at radius 3 is 2.82 bits per heavy atom. The minimum absolute atomic E-state index is 0.417. The van der Waals surface area contributed by atoms with Crippen molar-refractivity contribution in [3.8, 4) is 0 Å². The summed E-state index contributed by atoms with van der Waals surface area (Å²) < 4.78 is 0. The SMILES string of the molecule is CC1CNC(Cc2cccc3ccccc23)=N1. The van der Waals surface area contributed by atoms with Gasteiger partial charge in [-0.3, -0.25) is 4.99 Å². The maximum Gasteiger partial charge on any atom is 0.101 e. The van der Waals surface area contributed by atoms with E-state index < -0.39 is 0 Å². The molecule has 2 aromatic carbocycles. The fraction of sp³-hybridized carbons (Fsp3) is 0.267. The van der Waals surface area contributed by atoms with Gasteiger partial charge in [0.1, 0.15) is 5.84 Å². The first-order valence-corrected chi connectivity index (χ1v) is 6.10. The number of nitrogens with zero attached hydrogens (tertiary/aromatic N) is 1. The molecule has 3 rings (SSSR count). The van der Waals surface area contributed by atoms with E-state index in [1.807, 2.05) is 0 Å². The molecule has 0 aromatic heterocycles. The third kappa shape index (κ3) is 2.03. The largest absolute Gasteiger partial charge is 0.371 e. The van der Waals surface area contributed by atoms with Crippen molar-refractivity contribution in [3.05, 3.63) is 48.0 Å². The van der Waals surface area contributed by atoms with Crippen LogP contribution in [0.4, 0.5) is 0 Å². The molecule has 2 aromatic rings. The predicted molar refractivity (Wildman–Crippen MR) is 72.6 cm³/mol. The number of nitrogens with one attached hydrogen (secondary N) is 1. The van der Waals surface area contributed by atoms with Gasteiger partial charge in [-0.25, -0.2) is 0 Å². The summed E-state index contributed by atoms with van der Waals surface area (Å²) >= 11 is 0. The number of hydrogen-bond donors (Lipinski definition) is 1. The third-order valence-electron chi connectivity index (χ3n) is 3.22. The minimum Gasteiger partial charge on any atom is -0.371 e. The quantitative estimate of drug-likeness (QED) is 0.833. The Kier molecular flexibility index (Phi) is 2.56. The molecule has 0 spiro atoms. The molecular weight excluding hydrogens is 208 g/mol. The van der Waals surface area contributed by atoms with Gasteiger partial charge in [0.25, 0.3) is 0 Å². The van der Waals surface area contributed by atoms with Crippen LogP contribution in [0.5, 0.6) is 0 Å². The Labute approximate surface area is 101 Å². The molecule has 0 saturated carbocycles. The number of fused-ring (bicyclic) bond motifs is 1. The lowest BCUT2D eigenvalue weighted by atomic mass is 10.0. The molecule has 2 nitrogen and oxygen atoms in total. The van der Waals surface area contributed by atoms with Crippen LogP contribution in [0.3, 0.4) is 0 Å². The van der Waals surface area contributed by atoms with Gasteiger partial charge in [0.2, 0.25) is 0 Å². The van der Waals surface area contributed by atoms with E-state index in [1.54, 1.807) is 0 Å². The van der Waals surface area contributed by atoms with E-state index in [-0.39, 0.29) is 0 Å². The summed E-state index contributed by atoms with van der Waals surface area (Å²) in [4.78, 5) is 4.60. The first kappa shape index (κ1) is 10.3. The first-order chi connectivity index (χ1) is 8.33. The Morgan fingerprint density at radius 2 is 2.00 bits per heavy atom. The lowest BCUT2D eigenvalue weighted by molar-refractivity contribution is 0.765. The van der Waals surface area contributed by atoms with Crippen molar-refractivity contribution in [2.75, 3.05) is 6.54 Å². The summed E-state index contributed by atoms with van der Waals surface area (Å²) in [6.07, 6.45) is 0.908. The Balaban J connectivity index is 1.98. The Hall–Kier alpha value is -1.83. The number of rotatable bonds is 2. The van der Waals surface area contributed by atoms with Crippen LogP contribution in [-0.2, 0) is 6.42 Å². The lowest BCUT2D eigenvalue weighted by Crippen LogP contribution is -2.21. The maximum atomic E-state index is 4.60. The van der Waals surface area contributed by atoms with E-state index in [0.717, 1.165) is 18.8 Å². The molecule has 0 bridgehead atoms. The number of hydrogen-bond acceptors (Lipinski definition) is 2. The summed E-state index contributed by atoms with van der Waals surface area (Å²) in [5.74, 6) is 1.12. The zero-order chi connectivity index (χ0) is 11.7. The highest BCUT2D eigenvalue weighted by Gasteiger charge is 2.12. The fourth-order valence-electron chi connectivity index (χ4n) is 2.36. The van der Waals surface area contributed by atoms with E-state index in [1.165, 1.54) is 16.3 Å². The van der Waals surface area contributed by atoms with Crippen molar-refractivity contribution >= 4 is 16.6 Å². The van der Waals surface area contributed by atoms with Gasteiger partial charge in [-0.15, -0.1) is 0 Å². The summed E-state index contributed by atoms with van der Waals surface area (Å²) in [6, 6.07) is 15.4. The summed E-state index contributed by atoms with van der Waals surface area (Å²) in [6.45, 7) is 3.11. The minimum atomic E-state index is 0.417. The number of benzene rings is 2. The molecule has 86 valence electrons. The summed E-state index contributed by atoms with van der Waals surface area (Å²) in [5.41, 5.74) is 1.35. The zero-order valence-corrected chi connectivity index (χ0v) is 9.98. The highest BCUT2D eigenvalue weighted by Crippen LogP contribution is 2.19. The van der Waals surface area contributed by atoms with E-state index in [4.69, 9.17) is 0 Å². The lowest BCUT2D eigenvalue weighted by Gasteiger charge is -2.06. The average molecular weight is 224 g/mol. The standard InChI is InChI=1S/C15H16N2/c1-11-10-16-15(17-11)9-13-7-4-6-12-5-2-3-8-14(12)13/h2-8,11H,9-10H2,1H3,(H,16,17). The van der Waals surface area contributed by atoms with E-state index in [0.29, 0.717) is 6.04 Å². The summed E-state index contributed by atoms with van der Waals surface area (Å²) in [5, 5.41) is 6.00. The van der Waals surface area contributed by atoms with Crippen LogP contribution in [-0.4, -0.2) is 18.4 Å². The van der Waals surface area contributed by atoms with Gasteiger partial charge in [-0.05, 0) is 23.3 Å². The van der Waals surface area contributed by atoms with Gasteiger partial charge >= 0.3 is 0 Å². The molecule has 1 heterocycles. The van der Waals surface area contributed by atoms with Crippen LogP contribution in [0.15, 0.2) is 47.5 Å². The van der Waals surface area contributed by atoms with Gasteiger partial charge in [-0.1, -0.05) is 42.5 Å². The highest BCUT2D eigenvalue weighted by atomic mass is 15.1. The molecule has 0 aliphatic carbocycles. The van der Waals surface area contributed by atoms with Gasteiger partial charge < -0.3 is 5.32 Å². The second-order valence-corrected chi connectivity index (χ2v) is 4.62. The average Bonchev–Trinajstić information content (AvgIpc) is 2.75. The second-order valence-electron chi connectivity index (χ2n) is 4.62. The molecule has 1 atom stereocenters. The Morgan fingerprint density at radius 1 is 1.18 bits per heavy atom. The van der Waals surface area contributed by atoms with Crippen molar-refractivity contribution in [2.24, 2.45) is 4.99 Å². The fourth-order valence-corrected chi connectivity index (χ4v) is 2.36. The predicted octanol–water partition coefficient (Wildman–Crippen LogP) is 2.77. The maximum absolute atomic E-state index is 4.60. The molecule has 0 saturated heterocycles. The number of amidine groups is 1. The molecule has 1 aliphatic heterocycles. The van der Waals surface area contributed by atoms with Gasteiger partial charge in [-0.2, -0.15) is 0 Å². The van der Waals surface area contributed by atoms with E-state index in [9.17, 15) is 0 Å². The van der Waals surface area contributed by atoms with Crippen molar-refractivity contribution in [1.82, 2.24) is 5.32 Å². The first-order valence-electron chi connectivity index (χ1n) is 6.10.